The Bertz CT molecular complexity index is 945. The van der Waals surface area contributed by atoms with Gasteiger partial charge in [-0.15, -0.1) is 6.58 Å². The smallest absolute Gasteiger partial charge is 0.356 e. The van der Waals surface area contributed by atoms with Crippen molar-refractivity contribution in [3.8, 4) is 5.75 Å². The van der Waals surface area contributed by atoms with Crippen LogP contribution in [0.1, 0.15) is 63.0 Å². The number of hydrogen-bond acceptors (Lipinski definition) is 2. The number of nitrogens with one attached hydrogen (secondary N) is 2. The number of benzene rings is 2. The van der Waals surface area contributed by atoms with Crippen molar-refractivity contribution in [1.29, 1.82) is 0 Å². The van der Waals surface area contributed by atoms with Crippen LogP contribution in [0, 0.1) is 0 Å². The summed E-state index contributed by atoms with van der Waals surface area (Å²) in [5.74, 6) is 1.36. The minimum absolute atomic E-state index is 0.361. The zero-order valence-electron chi connectivity index (χ0n) is 18.3. The van der Waals surface area contributed by atoms with Crippen LogP contribution < -0.4 is 9.88 Å². The molecule has 30 heavy (non-hydrogen) atoms. The van der Waals surface area contributed by atoms with E-state index in [9.17, 15) is 5.11 Å². The summed E-state index contributed by atoms with van der Waals surface area (Å²) < 4.78 is 2.34. The summed E-state index contributed by atoms with van der Waals surface area (Å²) in [7, 11) is 0. The fourth-order valence-corrected chi connectivity index (χ4v) is 4.02. The number of rotatable bonds is 13. The summed E-state index contributed by atoms with van der Waals surface area (Å²) in [5.41, 5.74) is 4.16. The highest BCUT2D eigenvalue weighted by Crippen LogP contribution is 2.24. The number of nitrogens with zero attached hydrogens (tertiary/aromatic N) is 1. The van der Waals surface area contributed by atoms with Crippen molar-refractivity contribution in [2.45, 2.75) is 71.4 Å². The van der Waals surface area contributed by atoms with Gasteiger partial charge in [-0.05, 0) is 30.5 Å². The van der Waals surface area contributed by atoms with Gasteiger partial charge in [-0.1, -0.05) is 81.9 Å². The number of unbranched alkanes of at least 4 members (excludes halogenated alkanes) is 6. The Labute approximate surface area is 180 Å². The first-order valence-electron chi connectivity index (χ1n) is 11.4. The SMILES string of the molecule is C=CCc1cccc(CNc2[nH]c3ccccc3[n+]2CCCCCCCCC)c1O. The molecule has 0 amide bonds. The Hall–Kier alpha value is -2.75. The van der Waals surface area contributed by atoms with Crippen LogP contribution >= 0.6 is 0 Å². The Morgan fingerprint density at radius 3 is 2.50 bits per heavy atom. The van der Waals surface area contributed by atoms with E-state index in [2.05, 4.69) is 52.6 Å². The number of aromatic amines is 1. The third-order valence-corrected chi connectivity index (χ3v) is 5.72. The van der Waals surface area contributed by atoms with Gasteiger partial charge in [0.15, 0.2) is 0 Å². The molecule has 0 saturated carbocycles. The van der Waals surface area contributed by atoms with E-state index in [0.717, 1.165) is 29.1 Å². The second-order valence-electron chi connectivity index (χ2n) is 8.03. The highest BCUT2D eigenvalue weighted by atomic mass is 16.3. The molecule has 3 N–H and O–H groups in total. The second-order valence-corrected chi connectivity index (χ2v) is 8.03. The van der Waals surface area contributed by atoms with Gasteiger partial charge in [-0.25, -0.2) is 9.55 Å². The number of phenolic OH excluding ortho intramolecular Hbond substituents is 1. The van der Waals surface area contributed by atoms with E-state index in [4.69, 9.17) is 0 Å². The molecule has 0 atom stereocenters. The zero-order valence-corrected chi connectivity index (χ0v) is 18.3. The van der Waals surface area contributed by atoms with Gasteiger partial charge >= 0.3 is 5.95 Å². The summed E-state index contributed by atoms with van der Waals surface area (Å²) in [6.45, 7) is 7.60. The zero-order chi connectivity index (χ0) is 21.2. The van der Waals surface area contributed by atoms with Crippen LogP contribution in [-0.4, -0.2) is 10.1 Å². The Kier molecular flexibility index (Phi) is 8.37. The van der Waals surface area contributed by atoms with Crippen LogP contribution in [0.4, 0.5) is 5.95 Å². The van der Waals surface area contributed by atoms with Crippen LogP contribution in [0.25, 0.3) is 11.0 Å². The lowest BCUT2D eigenvalue weighted by molar-refractivity contribution is -0.657. The Morgan fingerprint density at radius 2 is 1.70 bits per heavy atom. The number of allylic oxidation sites excluding steroid dienone is 1. The van der Waals surface area contributed by atoms with Crippen molar-refractivity contribution in [2.24, 2.45) is 0 Å². The Balaban J connectivity index is 1.67. The predicted molar refractivity (Wildman–Crippen MR) is 126 cm³/mol. The quantitative estimate of drug-likeness (QED) is 0.178. The maximum absolute atomic E-state index is 10.6. The van der Waals surface area contributed by atoms with Gasteiger partial charge in [0, 0.05) is 5.56 Å². The van der Waals surface area contributed by atoms with Crippen LogP contribution in [0.2, 0.25) is 0 Å². The van der Waals surface area contributed by atoms with Gasteiger partial charge in [0.2, 0.25) is 0 Å². The van der Waals surface area contributed by atoms with Crippen LogP contribution in [0.3, 0.4) is 0 Å². The molecule has 0 unspecified atom stereocenters. The molecule has 0 spiro atoms. The third-order valence-electron chi connectivity index (χ3n) is 5.72. The monoisotopic (exact) mass is 406 g/mol. The van der Waals surface area contributed by atoms with Crippen molar-refractivity contribution in [3.63, 3.8) is 0 Å². The highest BCUT2D eigenvalue weighted by Gasteiger charge is 2.17. The first-order chi connectivity index (χ1) is 14.7. The first kappa shape index (κ1) is 21.9. The molecule has 0 aliphatic carbocycles. The van der Waals surface area contributed by atoms with Crippen molar-refractivity contribution in [2.75, 3.05) is 5.32 Å². The summed E-state index contributed by atoms with van der Waals surface area (Å²) in [4.78, 5) is 3.52. The number of aryl methyl sites for hydroxylation is 1. The molecule has 0 saturated heterocycles. The van der Waals surface area contributed by atoms with E-state index in [1.54, 1.807) is 0 Å². The molecular weight excluding hydrogens is 370 g/mol. The van der Waals surface area contributed by atoms with Gasteiger partial charge in [-0.2, -0.15) is 0 Å². The normalized spacial score (nSPS) is 11.1. The van der Waals surface area contributed by atoms with Crippen molar-refractivity contribution in [3.05, 3.63) is 66.2 Å². The molecule has 0 aliphatic heterocycles. The molecule has 4 nitrogen and oxygen atoms in total. The molecule has 160 valence electrons. The molecule has 1 heterocycles. The maximum Gasteiger partial charge on any atom is 0.356 e. The van der Waals surface area contributed by atoms with Crippen LogP contribution in [-0.2, 0) is 19.5 Å². The average molecular weight is 407 g/mol. The molecule has 2 aromatic carbocycles. The number of hydrogen-bond donors (Lipinski definition) is 3. The molecule has 0 fully saturated rings. The lowest BCUT2D eigenvalue weighted by Crippen LogP contribution is -2.36. The number of H-pyrrole nitrogens is 1. The largest absolute Gasteiger partial charge is 0.507 e. The van der Waals surface area contributed by atoms with Crippen molar-refractivity contribution < 1.29 is 9.67 Å². The summed E-state index contributed by atoms with van der Waals surface area (Å²) in [6.07, 6.45) is 11.6. The fraction of sp³-hybridized carbons (Fsp3) is 0.423. The Morgan fingerprint density at radius 1 is 0.967 bits per heavy atom. The molecule has 1 aromatic heterocycles. The third kappa shape index (κ3) is 5.65. The summed E-state index contributed by atoms with van der Waals surface area (Å²) in [5, 5.41) is 14.1. The lowest BCUT2D eigenvalue weighted by atomic mass is 10.1. The van der Waals surface area contributed by atoms with Gasteiger partial charge in [0.05, 0.1) is 13.1 Å². The van der Waals surface area contributed by atoms with Crippen molar-refractivity contribution >= 4 is 17.0 Å². The molecule has 3 rings (SSSR count). The molecular formula is C26H36N3O+. The van der Waals surface area contributed by atoms with E-state index in [1.165, 1.54) is 50.5 Å². The van der Waals surface area contributed by atoms with E-state index >= 15 is 0 Å². The fourth-order valence-electron chi connectivity index (χ4n) is 4.02. The number of phenols is 1. The predicted octanol–water partition coefficient (Wildman–Crippen LogP) is 6.25. The van der Waals surface area contributed by atoms with Gasteiger partial charge in [0.1, 0.15) is 16.8 Å². The average Bonchev–Trinajstić information content (AvgIpc) is 3.11. The number of aromatic hydroxyl groups is 1. The van der Waals surface area contributed by atoms with E-state index < -0.39 is 0 Å². The standard InChI is InChI=1S/C26H35N3O/c1-3-5-6-7-8-9-12-19-29-24-18-11-10-17-23(24)28-26(29)27-20-22-16-13-15-21(14-4-2)25(22)30/h4,10-11,13,15-18H,2-3,5-9,12,14,19-20H2,1H3,(H2,27,28,30)/p+1. The number of aromatic nitrogens is 2. The van der Waals surface area contributed by atoms with Gasteiger partial charge < -0.3 is 5.11 Å². The van der Waals surface area contributed by atoms with E-state index in [-0.39, 0.29) is 0 Å². The molecule has 0 bridgehead atoms. The molecule has 0 radical (unpaired) electrons. The number of imidazole rings is 1. The lowest BCUT2D eigenvalue weighted by Gasteiger charge is -2.09. The maximum atomic E-state index is 10.6. The molecule has 0 aliphatic rings. The van der Waals surface area contributed by atoms with Crippen LogP contribution in [0.5, 0.6) is 5.75 Å². The minimum atomic E-state index is 0.361. The van der Waals surface area contributed by atoms with Gasteiger partial charge in [0.25, 0.3) is 0 Å². The number of fused-ring (bicyclic) bond motifs is 1. The number of para-hydroxylation sites is 3. The highest BCUT2D eigenvalue weighted by molar-refractivity contribution is 5.72. The topological polar surface area (TPSA) is 51.9 Å². The first-order valence-corrected chi connectivity index (χ1v) is 11.4. The summed E-state index contributed by atoms with van der Waals surface area (Å²) in [6, 6.07) is 14.3. The summed E-state index contributed by atoms with van der Waals surface area (Å²) >= 11 is 0. The van der Waals surface area contributed by atoms with E-state index in [0.29, 0.717) is 18.7 Å². The van der Waals surface area contributed by atoms with Gasteiger partial charge in [-0.3, -0.25) is 5.32 Å². The molecule has 4 heteroatoms. The van der Waals surface area contributed by atoms with Crippen molar-refractivity contribution in [1.82, 2.24) is 4.98 Å². The van der Waals surface area contributed by atoms with Crippen LogP contribution in [0.15, 0.2) is 55.1 Å². The minimum Gasteiger partial charge on any atom is -0.507 e. The number of anilines is 1. The van der Waals surface area contributed by atoms with E-state index in [1.807, 2.05) is 24.3 Å². The second kappa shape index (κ2) is 11.4. The molecule has 3 aromatic rings.